The number of carboxylic acids is 1. The zero-order valence-electron chi connectivity index (χ0n) is 10.4. The minimum absolute atomic E-state index is 0.667. The Labute approximate surface area is 100 Å². The van der Waals surface area contributed by atoms with Gasteiger partial charge < -0.3 is 14.6 Å². The van der Waals surface area contributed by atoms with Crippen LogP contribution >= 0.6 is 0 Å². The highest BCUT2D eigenvalue weighted by Gasteiger charge is 2.12. The molecular weight excluding hydrogens is 220 g/mol. The Morgan fingerprint density at radius 1 is 1.29 bits per heavy atom. The molecule has 1 aromatic carbocycles. The largest absolute Gasteiger partial charge is 0.496 e. The number of aliphatic carboxylic acids is 1. The van der Waals surface area contributed by atoms with Crippen LogP contribution in [-0.4, -0.2) is 25.3 Å². The SMILES string of the molecule is COc1cc(C)c(OC)c(C=CC(=O)O)c1C. The van der Waals surface area contributed by atoms with Crippen LogP contribution in [0.15, 0.2) is 12.1 Å². The fourth-order valence-corrected chi connectivity index (χ4v) is 1.72. The normalized spacial score (nSPS) is 10.6. The Bertz CT molecular complexity index is 461. The topological polar surface area (TPSA) is 55.8 Å². The van der Waals surface area contributed by atoms with Crippen molar-refractivity contribution in [2.45, 2.75) is 13.8 Å². The summed E-state index contributed by atoms with van der Waals surface area (Å²) in [4.78, 5) is 10.6. The van der Waals surface area contributed by atoms with Gasteiger partial charge in [0, 0.05) is 17.2 Å². The number of rotatable bonds is 4. The maximum atomic E-state index is 10.6. The molecule has 0 aliphatic carbocycles. The molecule has 0 aromatic heterocycles. The molecule has 0 spiro atoms. The van der Waals surface area contributed by atoms with Crippen LogP contribution in [0.4, 0.5) is 0 Å². The average Bonchev–Trinajstić information content (AvgIpc) is 2.29. The molecule has 0 saturated carbocycles. The molecule has 0 fully saturated rings. The summed E-state index contributed by atoms with van der Waals surface area (Å²) in [5.74, 6) is 0.390. The molecule has 0 amide bonds. The van der Waals surface area contributed by atoms with Crippen LogP contribution in [0.3, 0.4) is 0 Å². The van der Waals surface area contributed by atoms with Crippen molar-refractivity contribution in [3.63, 3.8) is 0 Å². The predicted octanol–water partition coefficient (Wildman–Crippen LogP) is 2.42. The van der Waals surface area contributed by atoms with Gasteiger partial charge in [-0.2, -0.15) is 0 Å². The second-order valence-corrected chi connectivity index (χ2v) is 3.64. The summed E-state index contributed by atoms with van der Waals surface area (Å²) in [6.45, 7) is 3.75. The van der Waals surface area contributed by atoms with Crippen molar-refractivity contribution in [2.24, 2.45) is 0 Å². The molecule has 0 atom stereocenters. The van der Waals surface area contributed by atoms with Crippen LogP contribution in [0.2, 0.25) is 0 Å². The Morgan fingerprint density at radius 3 is 2.41 bits per heavy atom. The van der Waals surface area contributed by atoms with E-state index in [1.54, 1.807) is 14.2 Å². The fraction of sp³-hybridized carbons (Fsp3) is 0.308. The molecule has 0 bridgehead atoms. The number of hydrogen-bond acceptors (Lipinski definition) is 3. The van der Waals surface area contributed by atoms with E-state index >= 15 is 0 Å². The monoisotopic (exact) mass is 236 g/mol. The first-order chi connectivity index (χ1) is 8.01. The standard InChI is InChI=1S/C13H16O4/c1-8-7-11(16-3)9(2)10(13(8)17-4)5-6-12(14)15/h5-7H,1-4H3,(H,14,15). The van der Waals surface area contributed by atoms with Gasteiger partial charge in [0.2, 0.25) is 0 Å². The molecule has 0 heterocycles. The first-order valence-corrected chi connectivity index (χ1v) is 5.14. The second kappa shape index (κ2) is 5.39. The van der Waals surface area contributed by atoms with Gasteiger partial charge in [-0.15, -0.1) is 0 Å². The Balaban J connectivity index is 3.42. The summed E-state index contributed by atoms with van der Waals surface area (Å²) in [5, 5.41) is 8.67. The molecule has 1 rings (SSSR count). The van der Waals surface area contributed by atoms with E-state index < -0.39 is 5.97 Å². The molecule has 0 aliphatic rings. The minimum atomic E-state index is -0.994. The summed E-state index contributed by atoms with van der Waals surface area (Å²) in [6, 6.07) is 1.87. The van der Waals surface area contributed by atoms with Gasteiger partial charge in [-0.1, -0.05) is 0 Å². The molecule has 0 aliphatic heterocycles. The third-order valence-electron chi connectivity index (χ3n) is 2.54. The lowest BCUT2D eigenvalue weighted by Gasteiger charge is -2.15. The van der Waals surface area contributed by atoms with E-state index in [0.717, 1.165) is 22.8 Å². The Hall–Kier alpha value is -1.97. The zero-order valence-corrected chi connectivity index (χ0v) is 10.4. The van der Waals surface area contributed by atoms with Crippen LogP contribution in [-0.2, 0) is 4.79 Å². The number of hydrogen-bond donors (Lipinski definition) is 1. The third-order valence-corrected chi connectivity index (χ3v) is 2.54. The van der Waals surface area contributed by atoms with Gasteiger partial charge >= 0.3 is 5.97 Å². The van der Waals surface area contributed by atoms with Crippen molar-refractivity contribution >= 4 is 12.0 Å². The van der Waals surface area contributed by atoms with E-state index in [1.165, 1.54) is 6.08 Å². The highest BCUT2D eigenvalue weighted by molar-refractivity contribution is 5.86. The average molecular weight is 236 g/mol. The number of methoxy groups -OCH3 is 2. The molecule has 1 N–H and O–H groups in total. The van der Waals surface area contributed by atoms with E-state index in [2.05, 4.69) is 0 Å². The van der Waals surface area contributed by atoms with E-state index in [4.69, 9.17) is 14.6 Å². The molecule has 4 nitrogen and oxygen atoms in total. The number of carboxylic acid groups (broad SMARTS) is 1. The summed E-state index contributed by atoms with van der Waals surface area (Å²) < 4.78 is 10.5. The molecule has 0 radical (unpaired) electrons. The van der Waals surface area contributed by atoms with E-state index in [1.807, 2.05) is 19.9 Å². The van der Waals surface area contributed by atoms with Crippen molar-refractivity contribution < 1.29 is 19.4 Å². The molecule has 1 aromatic rings. The minimum Gasteiger partial charge on any atom is -0.496 e. The van der Waals surface area contributed by atoms with Gasteiger partial charge in [-0.05, 0) is 31.6 Å². The maximum absolute atomic E-state index is 10.6. The van der Waals surface area contributed by atoms with Crippen LogP contribution < -0.4 is 9.47 Å². The smallest absolute Gasteiger partial charge is 0.328 e. The number of aryl methyl sites for hydroxylation is 1. The molecule has 4 heteroatoms. The summed E-state index contributed by atoms with van der Waals surface area (Å²) in [5.41, 5.74) is 2.49. The first-order valence-electron chi connectivity index (χ1n) is 5.14. The lowest BCUT2D eigenvalue weighted by Crippen LogP contribution is -1.98. The van der Waals surface area contributed by atoms with Gasteiger partial charge in [0.1, 0.15) is 11.5 Å². The molecule has 17 heavy (non-hydrogen) atoms. The Morgan fingerprint density at radius 2 is 1.94 bits per heavy atom. The zero-order chi connectivity index (χ0) is 13.0. The van der Waals surface area contributed by atoms with Crippen molar-refractivity contribution in [1.82, 2.24) is 0 Å². The van der Waals surface area contributed by atoms with Crippen molar-refractivity contribution in [1.29, 1.82) is 0 Å². The van der Waals surface area contributed by atoms with Crippen molar-refractivity contribution in [3.8, 4) is 11.5 Å². The van der Waals surface area contributed by atoms with Crippen LogP contribution in [0.5, 0.6) is 11.5 Å². The van der Waals surface area contributed by atoms with E-state index in [-0.39, 0.29) is 0 Å². The van der Waals surface area contributed by atoms with Gasteiger partial charge in [0.25, 0.3) is 0 Å². The quantitative estimate of drug-likeness (QED) is 0.816. The lowest BCUT2D eigenvalue weighted by molar-refractivity contribution is -0.131. The first kappa shape index (κ1) is 13.1. The number of ether oxygens (including phenoxy) is 2. The van der Waals surface area contributed by atoms with Crippen molar-refractivity contribution in [2.75, 3.05) is 14.2 Å². The van der Waals surface area contributed by atoms with E-state index in [9.17, 15) is 4.79 Å². The second-order valence-electron chi connectivity index (χ2n) is 3.64. The number of carbonyl (C=O) groups is 1. The van der Waals surface area contributed by atoms with Gasteiger partial charge in [0.15, 0.2) is 0 Å². The highest BCUT2D eigenvalue weighted by atomic mass is 16.5. The lowest BCUT2D eigenvalue weighted by atomic mass is 10.0. The molecular formula is C13H16O4. The third kappa shape index (κ3) is 2.78. The summed E-state index contributed by atoms with van der Waals surface area (Å²) in [7, 11) is 3.14. The van der Waals surface area contributed by atoms with Crippen LogP contribution in [0.1, 0.15) is 16.7 Å². The maximum Gasteiger partial charge on any atom is 0.328 e. The van der Waals surface area contributed by atoms with E-state index in [0.29, 0.717) is 11.5 Å². The van der Waals surface area contributed by atoms with Crippen LogP contribution in [0, 0.1) is 13.8 Å². The Kier molecular flexibility index (Phi) is 4.15. The highest BCUT2D eigenvalue weighted by Crippen LogP contribution is 2.34. The van der Waals surface area contributed by atoms with Gasteiger partial charge in [-0.3, -0.25) is 0 Å². The summed E-state index contributed by atoms with van der Waals surface area (Å²) >= 11 is 0. The molecule has 0 saturated heterocycles. The predicted molar refractivity (Wildman–Crippen MR) is 65.7 cm³/mol. The van der Waals surface area contributed by atoms with Crippen LogP contribution in [0.25, 0.3) is 6.08 Å². The molecule has 92 valence electrons. The summed E-state index contributed by atoms with van der Waals surface area (Å²) in [6.07, 6.45) is 2.61. The number of benzene rings is 1. The van der Waals surface area contributed by atoms with Gasteiger partial charge in [0.05, 0.1) is 14.2 Å². The van der Waals surface area contributed by atoms with Gasteiger partial charge in [-0.25, -0.2) is 4.79 Å². The molecule has 0 unspecified atom stereocenters. The fourth-order valence-electron chi connectivity index (χ4n) is 1.72. The van der Waals surface area contributed by atoms with Crippen molar-refractivity contribution in [3.05, 3.63) is 28.8 Å².